The van der Waals surface area contributed by atoms with E-state index in [9.17, 15) is 9.59 Å². The van der Waals surface area contributed by atoms with Crippen molar-refractivity contribution in [2.75, 3.05) is 18.9 Å². The molecule has 1 atom stereocenters. The topological polar surface area (TPSA) is 85.2 Å². The predicted molar refractivity (Wildman–Crippen MR) is 85.2 cm³/mol. The zero-order valence-electron chi connectivity index (χ0n) is 13.4. The number of amides is 2. The van der Waals surface area contributed by atoms with E-state index in [1.165, 1.54) is 0 Å². The monoisotopic (exact) mass is 302 g/mol. The molecule has 6 heteroatoms. The third-order valence-corrected chi connectivity index (χ3v) is 3.19. The first kappa shape index (κ1) is 17.7. The van der Waals surface area contributed by atoms with E-state index in [0.29, 0.717) is 11.3 Å². The molecule has 118 valence electrons. The lowest BCUT2D eigenvalue weighted by atomic mass is 10.2. The molecule has 0 saturated carbocycles. The summed E-state index contributed by atoms with van der Waals surface area (Å²) in [6, 6.07) is 8.40. The van der Waals surface area contributed by atoms with Crippen molar-refractivity contribution >= 4 is 17.5 Å². The first-order chi connectivity index (χ1) is 10.3. The fourth-order valence-electron chi connectivity index (χ4n) is 1.86. The molecule has 0 aliphatic heterocycles. The van der Waals surface area contributed by atoms with E-state index in [2.05, 4.69) is 10.6 Å². The minimum atomic E-state index is -0.496. The number of carbonyl (C=O) groups is 2. The zero-order valence-corrected chi connectivity index (χ0v) is 13.4. The maximum absolute atomic E-state index is 12.2. The number of nitrogens with one attached hydrogen (secondary N) is 2. The molecule has 2 amide bonds. The van der Waals surface area contributed by atoms with Gasteiger partial charge in [-0.1, -0.05) is 12.1 Å². The van der Waals surface area contributed by atoms with Crippen LogP contribution in [0.15, 0.2) is 24.3 Å². The van der Waals surface area contributed by atoms with Gasteiger partial charge in [0, 0.05) is 6.04 Å². The summed E-state index contributed by atoms with van der Waals surface area (Å²) in [6.45, 7) is 5.61. The van der Waals surface area contributed by atoms with Gasteiger partial charge in [-0.2, -0.15) is 5.26 Å². The Labute approximate surface area is 131 Å². The molecule has 0 aliphatic rings. The number of likely N-dealkylation sites (N-methyl/N-ethyl adjacent to an activating group) is 1. The highest BCUT2D eigenvalue weighted by molar-refractivity contribution is 5.96. The van der Waals surface area contributed by atoms with Crippen molar-refractivity contribution in [3.63, 3.8) is 0 Å². The minimum absolute atomic E-state index is 0.0625. The summed E-state index contributed by atoms with van der Waals surface area (Å²) in [5.41, 5.74) is 0.880. The largest absolute Gasteiger partial charge is 0.353 e. The number of hydrogen-bond donors (Lipinski definition) is 2. The second kappa shape index (κ2) is 8.15. The highest BCUT2D eigenvalue weighted by Gasteiger charge is 2.21. The van der Waals surface area contributed by atoms with Crippen molar-refractivity contribution in [2.24, 2.45) is 0 Å². The van der Waals surface area contributed by atoms with Crippen molar-refractivity contribution in [1.29, 1.82) is 5.26 Å². The predicted octanol–water partition coefficient (Wildman–Crippen LogP) is 1.34. The number of anilines is 1. The smallest absolute Gasteiger partial charge is 0.241 e. The van der Waals surface area contributed by atoms with Crippen molar-refractivity contribution < 1.29 is 9.59 Å². The maximum Gasteiger partial charge on any atom is 0.241 e. The molecule has 0 aromatic heterocycles. The molecular weight excluding hydrogens is 280 g/mol. The summed E-state index contributed by atoms with van der Waals surface area (Å²) >= 11 is 0. The molecule has 0 aliphatic carbocycles. The summed E-state index contributed by atoms with van der Waals surface area (Å²) in [5, 5.41) is 14.5. The molecule has 6 nitrogen and oxygen atoms in total. The third-order valence-electron chi connectivity index (χ3n) is 3.19. The van der Waals surface area contributed by atoms with E-state index >= 15 is 0 Å². The van der Waals surface area contributed by atoms with Gasteiger partial charge < -0.3 is 10.6 Å². The molecule has 0 unspecified atom stereocenters. The standard InChI is InChI=1S/C16H22N4O2/c1-11(2)18-15(21)10-20(4)12(3)16(22)19-14-8-6-5-7-13(14)9-17/h5-8,11-12H,10H2,1-4H3,(H,18,21)(H,19,22)/t12-/m1/s1. The lowest BCUT2D eigenvalue weighted by molar-refractivity contribution is -0.125. The molecule has 0 heterocycles. The van der Waals surface area contributed by atoms with Gasteiger partial charge in [-0.25, -0.2) is 0 Å². The number of benzene rings is 1. The summed E-state index contributed by atoms with van der Waals surface area (Å²) < 4.78 is 0. The van der Waals surface area contributed by atoms with E-state index in [-0.39, 0.29) is 24.4 Å². The summed E-state index contributed by atoms with van der Waals surface area (Å²) in [7, 11) is 1.71. The summed E-state index contributed by atoms with van der Waals surface area (Å²) in [6.07, 6.45) is 0. The molecule has 22 heavy (non-hydrogen) atoms. The van der Waals surface area contributed by atoms with E-state index in [1.54, 1.807) is 43.1 Å². The van der Waals surface area contributed by atoms with E-state index < -0.39 is 6.04 Å². The average Bonchev–Trinajstić information content (AvgIpc) is 2.45. The highest BCUT2D eigenvalue weighted by atomic mass is 16.2. The molecule has 1 aromatic carbocycles. The van der Waals surface area contributed by atoms with Crippen LogP contribution in [0.5, 0.6) is 0 Å². The molecule has 1 aromatic rings. The molecular formula is C16H22N4O2. The molecule has 0 radical (unpaired) electrons. The van der Waals surface area contributed by atoms with Gasteiger partial charge in [0.15, 0.2) is 0 Å². The third kappa shape index (κ3) is 5.19. The Balaban J connectivity index is 2.65. The Hall–Kier alpha value is -2.39. The summed E-state index contributed by atoms with van der Waals surface area (Å²) in [5.74, 6) is -0.392. The van der Waals surface area contributed by atoms with Gasteiger partial charge in [0.2, 0.25) is 11.8 Å². The lowest BCUT2D eigenvalue weighted by Crippen LogP contribution is -2.46. The van der Waals surface area contributed by atoms with Crippen LogP contribution in [0.1, 0.15) is 26.3 Å². The van der Waals surface area contributed by atoms with Gasteiger partial charge in [0.25, 0.3) is 0 Å². The Bertz CT molecular complexity index is 578. The Morgan fingerprint density at radius 1 is 1.27 bits per heavy atom. The Morgan fingerprint density at radius 3 is 2.50 bits per heavy atom. The average molecular weight is 302 g/mol. The SMILES string of the molecule is CC(C)NC(=O)CN(C)[C@H](C)C(=O)Nc1ccccc1C#N. The van der Waals surface area contributed by atoms with Gasteiger partial charge in [-0.3, -0.25) is 14.5 Å². The van der Waals surface area contributed by atoms with Crippen molar-refractivity contribution in [3.05, 3.63) is 29.8 Å². The molecule has 1 rings (SSSR count). The number of para-hydroxylation sites is 1. The lowest BCUT2D eigenvalue weighted by Gasteiger charge is -2.24. The van der Waals surface area contributed by atoms with Crippen LogP contribution < -0.4 is 10.6 Å². The van der Waals surface area contributed by atoms with Crippen LogP contribution in [0.2, 0.25) is 0 Å². The van der Waals surface area contributed by atoms with Crippen LogP contribution in [0, 0.1) is 11.3 Å². The highest BCUT2D eigenvalue weighted by Crippen LogP contribution is 2.14. The fourth-order valence-corrected chi connectivity index (χ4v) is 1.86. The van der Waals surface area contributed by atoms with Crippen LogP contribution in [-0.4, -0.2) is 42.4 Å². The van der Waals surface area contributed by atoms with Crippen LogP contribution in [0.25, 0.3) is 0 Å². The molecule has 0 bridgehead atoms. The van der Waals surface area contributed by atoms with Crippen LogP contribution >= 0.6 is 0 Å². The van der Waals surface area contributed by atoms with Gasteiger partial charge in [0.05, 0.1) is 23.8 Å². The molecule has 0 saturated heterocycles. The van der Waals surface area contributed by atoms with Gasteiger partial charge >= 0.3 is 0 Å². The van der Waals surface area contributed by atoms with Crippen molar-refractivity contribution in [3.8, 4) is 6.07 Å². The first-order valence-electron chi connectivity index (χ1n) is 7.14. The van der Waals surface area contributed by atoms with Crippen LogP contribution in [-0.2, 0) is 9.59 Å². The maximum atomic E-state index is 12.2. The summed E-state index contributed by atoms with van der Waals surface area (Å²) in [4.78, 5) is 25.6. The first-order valence-corrected chi connectivity index (χ1v) is 7.14. The van der Waals surface area contributed by atoms with Gasteiger partial charge in [0.1, 0.15) is 6.07 Å². The minimum Gasteiger partial charge on any atom is -0.353 e. The van der Waals surface area contributed by atoms with E-state index in [0.717, 1.165) is 0 Å². The quantitative estimate of drug-likeness (QED) is 0.830. The van der Waals surface area contributed by atoms with E-state index in [4.69, 9.17) is 5.26 Å². The van der Waals surface area contributed by atoms with Gasteiger partial charge in [-0.15, -0.1) is 0 Å². The number of nitriles is 1. The molecule has 2 N–H and O–H groups in total. The zero-order chi connectivity index (χ0) is 16.7. The fraction of sp³-hybridized carbons (Fsp3) is 0.438. The number of rotatable bonds is 6. The second-order valence-electron chi connectivity index (χ2n) is 5.46. The Morgan fingerprint density at radius 2 is 1.91 bits per heavy atom. The normalized spacial score (nSPS) is 11.9. The number of carbonyl (C=O) groups excluding carboxylic acids is 2. The number of nitrogens with zero attached hydrogens (tertiary/aromatic N) is 2. The van der Waals surface area contributed by atoms with Crippen molar-refractivity contribution in [2.45, 2.75) is 32.9 Å². The molecule has 0 spiro atoms. The van der Waals surface area contributed by atoms with E-state index in [1.807, 2.05) is 19.9 Å². The van der Waals surface area contributed by atoms with Crippen LogP contribution in [0.3, 0.4) is 0 Å². The van der Waals surface area contributed by atoms with Gasteiger partial charge in [-0.05, 0) is 40.0 Å². The number of hydrogen-bond acceptors (Lipinski definition) is 4. The van der Waals surface area contributed by atoms with Crippen LogP contribution in [0.4, 0.5) is 5.69 Å². The molecule has 0 fully saturated rings. The Kier molecular flexibility index (Phi) is 6.54. The second-order valence-corrected chi connectivity index (χ2v) is 5.46. The van der Waals surface area contributed by atoms with Crippen molar-refractivity contribution in [1.82, 2.24) is 10.2 Å².